The van der Waals surface area contributed by atoms with Crippen LogP contribution in [-0.2, 0) is 25.8 Å². The molecular weight excluding hydrogens is 376 g/mol. The third kappa shape index (κ3) is 3.91. The summed E-state index contributed by atoms with van der Waals surface area (Å²) in [7, 11) is 0. The molecule has 0 radical (unpaired) electrons. The lowest BCUT2D eigenvalue weighted by atomic mass is 9.92. The number of benzene rings is 1. The number of H-pyrrole nitrogens is 1. The van der Waals surface area contributed by atoms with E-state index in [1.807, 2.05) is 4.90 Å². The van der Waals surface area contributed by atoms with Gasteiger partial charge in [-0.15, -0.1) is 0 Å². The number of carbonyl (C=O) groups excluding carboxylic acids is 1. The van der Waals surface area contributed by atoms with Crippen molar-refractivity contribution in [1.29, 1.82) is 0 Å². The molecule has 3 heterocycles. The highest BCUT2D eigenvalue weighted by Gasteiger charge is 2.35. The Labute approximate surface area is 178 Å². The molecule has 1 aromatic carbocycles. The van der Waals surface area contributed by atoms with Crippen molar-refractivity contribution >= 4 is 5.91 Å². The standard InChI is InChI=1S/C24H32N4O2/c29-23(22-20-8-3-4-9-21(20)25-26-22)28-13-5-11-24(30,12-15-28)17-27-14-10-18-6-1-2-7-19(18)16-27/h1-2,6-7,30H,3-5,8-17H2,(H,25,26)/t24-/m1/s1. The van der Waals surface area contributed by atoms with Crippen LogP contribution in [0.1, 0.15) is 65.0 Å². The van der Waals surface area contributed by atoms with Crippen LogP contribution in [-0.4, -0.2) is 62.8 Å². The van der Waals surface area contributed by atoms with Crippen molar-refractivity contribution in [2.45, 2.75) is 63.5 Å². The van der Waals surface area contributed by atoms with Crippen molar-refractivity contribution in [3.05, 3.63) is 52.3 Å². The van der Waals surface area contributed by atoms with Crippen LogP contribution in [0.5, 0.6) is 0 Å². The van der Waals surface area contributed by atoms with Gasteiger partial charge in [0.05, 0.1) is 5.60 Å². The molecule has 1 saturated heterocycles. The highest BCUT2D eigenvalue weighted by Crippen LogP contribution is 2.28. The van der Waals surface area contributed by atoms with Gasteiger partial charge in [0, 0.05) is 44.0 Å². The van der Waals surface area contributed by atoms with Crippen molar-refractivity contribution in [2.24, 2.45) is 0 Å². The molecule has 6 heteroatoms. The summed E-state index contributed by atoms with van der Waals surface area (Å²) in [6.07, 6.45) is 7.49. The number of aromatic nitrogens is 2. The summed E-state index contributed by atoms with van der Waals surface area (Å²) >= 11 is 0. The highest BCUT2D eigenvalue weighted by molar-refractivity contribution is 5.94. The van der Waals surface area contributed by atoms with Crippen LogP contribution in [0.3, 0.4) is 0 Å². The Balaban J connectivity index is 1.23. The largest absolute Gasteiger partial charge is 0.388 e. The summed E-state index contributed by atoms with van der Waals surface area (Å²) in [5.41, 5.74) is 4.95. The fraction of sp³-hybridized carbons (Fsp3) is 0.583. The van der Waals surface area contributed by atoms with E-state index in [9.17, 15) is 9.90 Å². The fourth-order valence-corrected chi connectivity index (χ4v) is 5.45. The molecule has 1 amide bonds. The van der Waals surface area contributed by atoms with Crippen LogP contribution in [0.25, 0.3) is 0 Å². The third-order valence-corrected chi connectivity index (χ3v) is 7.19. The van der Waals surface area contributed by atoms with Gasteiger partial charge in [-0.1, -0.05) is 24.3 Å². The number of likely N-dealkylation sites (tertiary alicyclic amines) is 1. The van der Waals surface area contributed by atoms with Crippen LogP contribution in [0.4, 0.5) is 0 Å². The molecule has 5 rings (SSSR count). The molecule has 30 heavy (non-hydrogen) atoms. The molecule has 2 aliphatic heterocycles. The molecule has 0 unspecified atom stereocenters. The minimum Gasteiger partial charge on any atom is -0.388 e. The van der Waals surface area contributed by atoms with E-state index in [0.29, 0.717) is 31.7 Å². The van der Waals surface area contributed by atoms with Crippen LogP contribution < -0.4 is 0 Å². The van der Waals surface area contributed by atoms with E-state index in [1.165, 1.54) is 17.5 Å². The molecule has 160 valence electrons. The summed E-state index contributed by atoms with van der Waals surface area (Å²) in [5.74, 6) is 0.0329. The summed E-state index contributed by atoms with van der Waals surface area (Å²) in [4.78, 5) is 17.5. The lowest BCUT2D eigenvalue weighted by Crippen LogP contribution is -2.45. The summed E-state index contributed by atoms with van der Waals surface area (Å²) in [6.45, 7) is 3.87. The van der Waals surface area contributed by atoms with E-state index >= 15 is 0 Å². The minimum absolute atomic E-state index is 0.0329. The van der Waals surface area contributed by atoms with E-state index in [0.717, 1.165) is 62.9 Å². The number of nitrogens with zero attached hydrogens (tertiary/aromatic N) is 3. The summed E-state index contributed by atoms with van der Waals surface area (Å²) < 4.78 is 0. The van der Waals surface area contributed by atoms with Gasteiger partial charge in [-0.05, 0) is 62.5 Å². The number of aryl methyl sites for hydroxylation is 1. The number of hydrogen-bond acceptors (Lipinski definition) is 4. The van der Waals surface area contributed by atoms with Crippen LogP contribution in [0.2, 0.25) is 0 Å². The first-order chi connectivity index (χ1) is 14.6. The average molecular weight is 409 g/mol. The maximum absolute atomic E-state index is 13.2. The molecular formula is C24H32N4O2. The van der Waals surface area contributed by atoms with Gasteiger partial charge in [0.15, 0.2) is 5.69 Å². The Morgan fingerprint density at radius 1 is 1.03 bits per heavy atom. The van der Waals surface area contributed by atoms with Gasteiger partial charge < -0.3 is 10.0 Å². The Morgan fingerprint density at radius 2 is 1.87 bits per heavy atom. The lowest BCUT2D eigenvalue weighted by molar-refractivity contribution is -0.0118. The zero-order chi connectivity index (χ0) is 20.6. The zero-order valence-electron chi connectivity index (χ0n) is 17.7. The maximum Gasteiger partial charge on any atom is 0.274 e. The Bertz CT molecular complexity index is 924. The van der Waals surface area contributed by atoms with Gasteiger partial charge in [-0.2, -0.15) is 5.10 Å². The van der Waals surface area contributed by atoms with Crippen molar-refractivity contribution in [3.63, 3.8) is 0 Å². The smallest absolute Gasteiger partial charge is 0.274 e. The number of aliphatic hydroxyl groups is 1. The van der Waals surface area contributed by atoms with E-state index in [4.69, 9.17) is 0 Å². The molecule has 2 N–H and O–H groups in total. The monoisotopic (exact) mass is 408 g/mol. The number of hydrogen-bond donors (Lipinski definition) is 2. The van der Waals surface area contributed by atoms with Crippen LogP contribution in [0, 0.1) is 0 Å². The topological polar surface area (TPSA) is 72.5 Å². The molecule has 6 nitrogen and oxygen atoms in total. The SMILES string of the molecule is O=C(c1n[nH]c2c1CCCC2)N1CCC[C@](O)(CN2CCc3ccccc3C2)CC1. The van der Waals surface area contributed by atoms with E-state index in [2.05, 4.69) is 39.4 Å². The Kier molecular flexibility index (Phi) is 5.37. The predicted octanol–water partition coefficient (Wildman–Crippen LogP) is 2.70. The number of aromatic amines is 1. The lowest BCUT2D eigenvalue weighted by Gasteiger charge is -2.36. The molecule has 0 bridgehead atoms. The minimum atomic E-state index is -0.730. The molecule has 3 aliphatic rings. The molecule has 1 atom stereocenters. The van der Waals surface area contributed by atoms with Crippen LogP contribution >= 0.6 is 0 Å². The number of β-amino-alcohol motifs (C(OH)–C–C–N with tert-alkyl or cyclic N) is 1. The molecule has 1 aliphatic carbocycles. The normalized spacial score (nSPS) is 24.8. The number of rotatable bonds is 3. The second kappa shape index (κ2) is 8.16. The van der Waals surface area contributed by atoms with E-state index < -0.39 is 5.60 Å². The first-order valence-electron chi connectivity index (χ1n) is 11.5. The van der Waals surface area contributed by atoms with Gasteiger partial charge in [-0.25, -0.2) is 0 Å². The van der Waals surface area contributed by atoms with Crippen molar-refractivity contribution in [1.82, 2.24) is 20.0 Å². The molecule has 1 fully saturated rings. The quantitative estimate of drug-likeness (QED) is 0.819. The Hall–Kier alpha value is -2.18. The average Bonchev–Trinajstić information content (AvgIpc) is 3.10. The first kappa shape index (κ1) is 19.8. The van der Waals surface area contributed by atoms with Crippen LogP contribution in [0.15, 0.2) is 24.3 Å². The molecule has 2 aromatic rings. The summed E-state index contributed by atoms with van der Waals surface area (Å²) in [5, 5.41) is 18.8. The molecule has 0 saturated carbocycles. The van der Waals surface area contributed by atoms with E-state index in [1.54, 1.807) is 0 Å². The highest BCUT2D eigenvalue weighted by atomic mass is 16.3. The van der Waals surface area contributed by atoms with Crippen molar-refractivity contribution in [3.8, 4) is 0 Å². The zero-order valence-corrected chi connectivity index (χ0v) is 17.7. The van der Waals surface area contributed by atoms with Crippen molar-refractivity contribution in [2.75, 3.05) is 26.2 Å². The summed E-state index contributed by atoms with van der Waals surface area (Å²) in [6, 6.07) is 8.61. The second-order valence-corrected chi connectivity index (χ2v) is 9.34. The van der Waals surface area contributed by atoms with Gasteiger partial charge in [0.1, 0.15) is 0 Å². The number of nitrogens with one attached hydrogen (secondary N) is 1. The maximum atomic E-state index is 13.2. The van der Waals surface area contributed by atoms with Crippen molar-refractivity contribution < 1.29 is 9.90 Å². The molecule has 1 aromatic heterocycles. The first-order valence-corrected chi connectivity index (χ1v) is 11.5. The van der Waals surface area contributed by atoms with Gasteiger partial charge in [0.25, 0.3) is 5.91 Å². The van der Waals surface area contributed by atoms with Gasteiger partial charge in [0.2, 0.25) is 0 Å². The Morgan fingerprint density at radius 3 is 2.77 bits per heavy atom. The fourth-order valence-electron chi connectivity index (χ4n) is 5.45. The number of carbonyl (C=O) groups is 1. The predicted molar refractivity (Wildman–Crippen MR) is 115 cm³/mol. The third-order valence-electron chi connectivity index (χ3n) is 7.19. The molecule has 0 spiro atoms. The van der Waals surface area contributed by atoms with E-state index in [-0.39, 0.29) is 5.91 Å². The van der Waals surface area contributed by atoms with Gasteiger partial charge >= 0.3 is 0 Å². The second-order valence-electron chi connectivity index (χ2n) is 9.34. The number of fused-ring (bicyclic) bond motifs is 2. The number of amides is 1. The van der Waals surface area contributed by atoms with Gasteiger partial charge in [-0.3, -0.25) is 14.8 Å².